The number of rotatable bonds is 3. The van der Waals surface area contributed by atoms with Crippen LogP contribution in [-0.2, 0) is 10.0 Å². The topological polar surface area (TPSA) is 85.1 Å². The zero-order valence-corrected chi connectivity index (χ0v) is 12.8. The summed E-state index contributed by atoms with van der Waals surface area (Å²) in [7, 11) is -3.84. The van der Waals surface area contributed by atoms with Crippen LogP contribution in [0.4, 0.5) is 10.8 Å². The fourth-order valence-corrected chi connectivity index (χ4v) is 4.00. The third-order valence-corrected chi connectivity index (χ3v) is 5.41. The van der Waals surface area contributed by atoms with Gasteiger partial charge in [0.05, 0.1) is 15.7 Å². The number of nitrogens with two attached hydrogens (primary N) is 1. The molecule has 1 heterocycles. The average Bonchev–Trinajstić information content (AvgIpc) is 2.70. The van der Waals surface area contributed by atoms with Gasteiger partial charge in [-0.1, -0.05) is 23.2 Å². The molecule has 5 nitrogen and oxygen atoms in total. The van der Waals surface area contributed by atoms with Crippen molar-refractivity contribution in [2.75, 3.05) is 10.5 Å². The van der Waals surface area contributed by atoms with Gasteiger partial charge in [0.15, 0.2) is 5.13 Å². The molecule has 0 unspecified atom stereocenters. The summed E-state index contributed by atoms with van der Waals surface area (Å²) in [5.74, 6) is 0. The van der Waals surface area contributed by atoms with Crippen LogP contribution in [0, 0.1) is 6.92 Å². The van der Waals surface area contributed by atoms with Gasteiger partial charge in [0.25, 0.3) is 10.0 Å². The standard InChI is InChI=1S/C10H9Cl2N3O2S2/c1-5-4-14-10(18-5)15-19(16,17)7-3-2-6(11)9(13)8(7)12/h2-4H,13H2,1H3,(H,14,15). The second kappa shape index (κ2) is 5.16. The smallest absolute Gasteiger partial charge is 0.265 e. The minimum Gasteiger partial charge on any atom is -0.396 e. The van der Waals surface area contributed by atoms with Crippen molar-refractivity contribution >= 4 is 55.4 Å². The van der Waals surface area contributed by atoms with E-state index in [4.69, 9.17) is 28.9 Å². The lowest BCUT2D eigenvalue weighted by Crippen LogP contribution is -2.13. The van der Waals surface area contributed by atoms with Crippen LogP contribution >= 0.6 is 34.5 Å². The van der Waals surface area contributed by atoms with Crippen LogP contribution in [0.1, 0.15) is 4.88 Å². The van der Waals surface area contributed by atoms with Crippen molar-refractivity contribution < 1.29 is 8.42 Å². The number of hydrogen-bond donors (Lipinski definition) is 2. The number of thiazole rings is 1. The van der Waals surface area contributed by atoms with Gasteiger partial charge in [-0.15, -0.1) is 11.3 Å². The van der Waals surface area contributed by atoms with Crippen molar-refractivity contribution in [2.45, 2.75) is 11.8 Å². The first kappa shape index (κ1) is 14.4. The van der Waals surface area contributed by atoms with E-state index in [1.54, 1.807) is 6.20 Å². The highest BCUT2D eigenvalue weighted by Crippen LogP contribution is 2.34. The SMILES string of the molecule is Cc1cnc(NS(=O)(=O)c2ccc(Cl)c(N)c2Cl)s1. The lowest BCUT2D eigenvalue weighted by Gasteiger charge is -2.09. The second-order valence-corrected chi connectivity index (χ2v) is 7.33. The molecule has 19 heavy (non-hydrogen) atoms. The Hall–Kier alpha value is -1.02. The summed E-state index contributed by atoms with van der Waals surface area (Å²) in [5, 5.41) is 0.365. The number of halogens is 2. The lowest BCUT2D eigenvalue weighted by atomic mass is 10.3. The average molecular weight is 338 g/mol. The van der Waals surface area contributed by atoms with Crippen molar-refractivity contribution in [1.29, 1.82) is 0 Å². The minimum absolute atomic E-state index is 0.0292. The van der Waals surface area contributed by atoms with E-state index >= 15 is 0 Å². The number of nitrogens with zero attached hydrogens (tertiary/aromatic N) is 1. The van der Waals surface area contributed by atoms with Gasteiger partial charge in [-0.25, -0.2) is 13.4 Å². The molecule has 1 aromatic heterocycles. The normalized spacial score (nSPS) is 11.5. The number of anilines is 2. The highest BCUT2D eigenvalue weighted by atomic mass is 35.5. The summed E-state index contributed by atoms with van der Waals surface area (Å²) in [6.45, 7) is 1.82. The Morgan fingerprint density at radius 2 is 2.05 bits per heavy atom. The maximum absolute atomic E-state index is 12.2. The Morgan fingerprint density at radius 3 is 2.63 bits per heavy atom. The monoisotopic (exact) mass is 337 g/mol. The van der Waals surface area contributed by atoms with Gasteiger partial charge in [0.2, 0.25) is 0 Å². The molecule has 0 aliphatic carbocycles. The summed E-state index contributed by atoms with van der Waals surface area (Å²) in [6.07, 6.45) is 1.57. The third kappa shape index (κ3) is 2.94. The molecular formula is C10H9Cl2N3O2S2. The number of nitrogens with one attached hydrogen (secondary N) is 1. The molecule has 102 valence electrons. The molecule has 0 fully saturated rings. The van der Waals surface area contributed by atoms with E-state index in [-0.39, 0.29) is 25.8 Å². The lowest BCUT2D eigenvalue weighted by molar-refractivity contribution is 0.601. The summed E-state index contributed by atoms with van der Waals surface area (Å²) in [6, 6.07) is 2.67. The van der Waals surface area contributed by atoms with E-state index in [1.165, 1.54) is 23.5 Å². The Kier molecular flexibility index (Phi) is 3.91. The van der Waals surface area contributed by atoms with Gasteiger partial charge >= 0.3 is 0 Å². The molecule has 2 aromatic rings. The molecular weight excluding hydrogens is 329 g/mol. The van der Waals surface area contributed by atoms with Crippen LogP contribution in [0.25, 0.3) is 0 Å². The first-order valence-corrected chi connectivity index (χ1v) is 8.05. The fourth-order valence-electron chi connectivity index (χ4n) is 1.33. The first-order valence-electron chi connectivity index (χ1n) is 5.00. The highest BCUT2D eigenvalue weighted by Gasteiger charge is 2.21. The molecule has 1 aromatic carbocycles. The predicted molar refractivity (Wildman–Crippen MR) is 78.5 cm³/mol. The van der Waals surface area contributed by atoms with Crippen molar-refractivity contribution in [2.24, 2.45) is 0 Å². The molecule has 0 saturated carbocycles. The van der Waals surface area contributed by atoms with E-state index in [0.29, 0.717) is 0 Å². The highest BCUT2D eigenvalue weighted by molar-refractivity contribution is 7.93. The molecule has 0 aliphatic heterocycles. The summed E-state index contributed by atoms with van der Waals surface area (Å²) in [5.41, 5.74) is 5.64. The maximum Gasteiger partial charge on any atom is 0.265 e. The third-order valence-electron chi connectivity index (χ3n) is 2.22. The zero-order valence-electron chi connectivity index (χ0n) is 9.65. The molecule has 0 aliphatic rings. The molecule has 9 heteroatoms. The predicted octanol–water partition coefficient (Wildman–Crippen LogP) is 3.14. The minimum atomic E-state index is -3.84. The largest absolute Gasteiger partial charge is 0.396 e. The van der Waals surface area contributed by atoms with E-state index in [0.717, 1.165) is 4.88 Å². The van der Waals surface area contributed by atoms with Gasteiger partial charge in [-0.3, -0.25) is 4.72 Å². The molecule has 0 radical (unpaired) electrons. The first-order chi connectivity index (χ1) is 8.81. The van der Waals surface area contributed by atoms with Gasteiger partial charge in [-0.2, -0.15) is 0 Å². The molecule has 0 amide bonds. The Bertz CT molecular complexity index is 728. The van der Waals surface area contributed by atoms with E-state index < -0.39 is 10.0 Å². The number of hydrogen-bond acceptors (Lipinski definition) is 5. The van der Waals surface area contributed by atoms with Crippen LogP contribution in [0.3, 0.4) is 0 Å². The van der Waals surface area contributed by atoms with Crippen LogP contribution in [0.15, 0.2) is 23.2 Å². The van der Waals surface area contributed by atoms with Crippen LogP contribution < -0.4 is 10.5 Å². The van der Waals surface area contributed by atoms with Crippen molar-refractivity contribution in [1.82, 2.24) is 4.98 Å². The van der Waals surface area contributed by atoms with Crippen LogP contribution in [-0.4, -0.2) is 13.4 Å². The summed E-state index contributed by atoms with van der Waals surface area (Å²) < 4.78 is 26.7. The van der Waals surface area contributed by atoms with E-state index in [9.17, 15) is 8.42 Å². The number of aryl methyl sites for hydroxylation is 1. The summed E-state index contributed by atoms with van der Waals surface area (Å²) >= 11 is 12.9. The maximum atomic E-state index is 12.2. The van der Waals surface area contributed by atoms with Gasteiger partial charge in [0.1, 0.15) is 4.90 Å². The van der Waals surface area contributed by atoms with Gasteiger partial charge in [0, 0.05) is 11.1 Å². The summed E-state index contributed by atoms with van der Waals surface area (Å²) in [4.78, 5) is 4.68. The number of sulfonamides is 1. The van der Waals surface area contributed by atoms with Crippen LogP contribution in [0.2, 0.25) is 10.0 Å². The fraction of sp³-hybridized carbons (Fsp3) is 0.100. The molecule has 0 bridgehead atoms. The van der Waals surface area contributed by atoms with Crippen LogP contribution in [0.5, 0.6) is 0 Å². The second-order valence-electron chi connectivity index (χ2n) is 3.65. The van der Waals surface area contributed by atoms with Crippen molar-refractivity contribution in [3.05, 3.63) is 33.3 Å². The quantitative estimate of drug-likeness (QED) is 0.842. The Balaban J connectivity index is 2.43. The van der Waals surface area contributed by atoms with E-state index in [1.807, 2.05) is 6.92 Å². The van der Waals surface area contributed by atoms with E-state index in [2.05, 4.69) is 9.71 Å². The zero-order chi connectivity index (χ0) is 14.2. The number of benzene rings is 1. The number of aromatic nitrogens is 1. The van der Waals surface area contributed by atoms with Crippen molar-refractivity contribution in [3.8, 4) is 0 Å². The molecule has 3 N–H and O–H groups in total. The molecule has 0 saturated heterocycles. The van der Waals surface area contributed by atoms with Crippen molar-refractivity contribution in [3.63, 3.8) is 0 Å². The molecule has 0 spiro atoms. The molecule has 0 atom stereocenters. The molecule has 2 rings (SSSR count). The number of nitrogen functional groups attached to an aromatic ring is 1. The Morgan fingerprint density at radius 1 is 1.37 bits per heavy atom. The van der Waals surface area contributed by atoms with Gasteiger partial charge < -0.3 is 5.73 Å². The Labute approximate surface area is 124 Å². The van der Waals surface area contributed by atoms with Gasteiger partial charge in [-0.05, 0) is 19.1 Å².